The molecule has 0 aliphatic carbocycles. The second kappa shape index (κ2) is 4.03. The van der Waals surface area contributed by atoms with Crippen LogP contribution in [-0.4, -0.2) is 28.0 Å². The molecule has 5 heteroatoms. The maximum absolute atomic E-state index is 5.91. The van der Waals surface area contributed by atoms with Gasteiger partial charge in [0.15, 0.2) is 0 Å². The first-order valence-corrected chi connectivity index (χ1v) is 5.79. The molecule has 0 atom stereocenters. The number of aromatic nitrogens is 3. The van der Waals surface area contributed by atoms with E-state index in [1.807, 2.05) is 16.9 Å². The molecule has 0 spiro atoms. The molecule has 0 N–H and O–H groups in total. The van der Waals surface area contributed by atoms with Crippen LogP contribution in [0.25, 0.3) is 10.9 Å². The highest BCUT2D eigenvalue weighted by molar-refractivity contribution is 6.29. The standard InChI is InChI=1S/C11H12ClN3O/c12-11-5-10-8(6-13-11)7-14-15(10)9-1-3-16-4-2-9/h5-7,9H,1-4H2. The van der Waals surface area contributed by atoms with Gasteiger partial charge < -0.3 is 4.74 Å². The zero-order valence-corrected chi connectivity index (χ0v) is 9.52. The van der Waals surface area contributed by atoms with Gasteiger partial charge in [0.1, 0.15) is 5.15 Å². The van der Waals surface area contributed by atoms with Crippen molar-refractivity contribution in [1.29, 1.82) is 0 Å². The van der Waals surface area contributed by atoms with Crippen molar-refractivity contribution in [2.24, 2.45) is 0 Å². The highest BCUT2D eigenvalue weighted by atomic mass is 35.5. The number of pyridine rings is 1. The summed E-state index contributed by atoms with van der Waals surface area (Å²) in [5, 5.41) is 5.98. The zero-order chi connectivity index (χ0) is 11.0. The van der Waals surface area contributed by atoms with Gasteiger partial charge in [0, 0.05) is 30.9 Å². The summed E-state index contributed by atoms with van der Waals surface area (Å²) in [5.41, 5.74) is 1.06. The van der Waals surface area contributed by atoms with E-state index in [9.17, 15) is 0 Å². The molecule has 0 amide bonds. The lowest BCUT2D eigenvalue weighted by atomic mass is 10.1. The van der Waals surface area contributed by atoms with E-state index in [1.54, 1.807) is 6.20 Å². The Hall–Kier alpha value is -1.13. The molecule has 1 aliphatic rings. The van der Waals surface area contributed by atoms with Crippen LogP contribution in [0.3, 0.4) is 0 Å². The van der Waals surface area contributed by atoms with E-state index < -0.39 is 0 Å². The molecule has 3 rings (SSSR count). The molecule has 0 saturated carbocycles. The Morgan fingerprint density at radius 2 is 2.12 bits per heavy atom. The van der Waals surface area contributed by atoms with Crippen LogP contribution >= 0.6 is 11.6 Å². The average Bonchev–Trinajstić information content (AvgIpc) is 2.73. The molecule has 0 bridgehead atoms. The molecule has 84 valence electrons. The minimum Gasteiger partial charge on any atom is -0.381 e. The maximum atomic E-state index is 5.91. The quantitative estimate of drug-likeness (QED) is 0.716. The third-order valence-corrected chi connectivity index (χ3v) is 3.19. The molecule has 4 nitrogen and oxygen atoms in total. The molecular weight excluding hydrogens is 226 g/mol. The van der Waals surface area contributed by atoms with Crippen molar-refractivity contribution in [3.05, 3.63) is 23.6 Å². The number of fused-ring (bicyclic) bond motifs is 1. The average molecular weight is 238 g/mol. The number of nitrogens with zero attached hydrogens (tertiary/aromatic N) is 3. The zero-order valence-electron chi connectivity index (χ0n) is 8.77. The van der Waals surface area contributed by atoms with Gasteiger partial charge in [-0.2, -0.15) is 5.10 Å². The van der Waals surface area contributed by atoms with Crippen molar-refractivity contribution in [2.45, 2.75) is 18.9 Å². The predicted molar refractivity (Wildman–Crippen MR) is 61.6 cm³/mol. The number of hydrogen-bond donors (Lipinski definition) is 0. The van der Waals surface area contributed by atoms with E-state index in [1.165, 1.54) is 0 Å². The molecule has 1 aliphatic heterocycles. The van der Waals surface area contributed by atoms with Gasteiger partial charge in [-0.1, -0.05) is 11.6 Å². The van der Waals surface area contributed by atoms with Crippen molar-refractivity contribution >= 4 is 22.5 Å². The van der Waals surface area contributed by atoms with Gasteiger partial charge in [0.25, 0.3) is 0 Å². The van der Waals surface area contributed by atoms with E-state index in [0.717, 1.165) is 37.0 Å². The summed E-state index contributed by atoms with van der Waals surface area (Å²) < 4.78 is 7.40. The van der Waals surface area contributed by atoms with Gasteiger partial charge in [-0.3, -0.25) is 4.68 Å². The molecule has 0 aromatic carbocycles. The van der Waals surface area contributed by atoms with Gasteiger partial charge in [0.2, 0.25) is 0 Å². The lowest BCUT2D eigenvalue weighted by molar-refractivity contribution is 0.0675. The summed E-state index contributed by atoms with van der Waals surface area (Å²) in [5.74, 6) is 0. The number of rotatable bonds is 1. The highest BCUT2D eigenvalue weighted by Gasteiger charge is 2.18. The minimum absolute atomic E-state index is 0.421. The van der Waals surface area contributed by atoms with Crippen LogP contribution in [0.15, 0.2) is 18.5 Å². The highest BCUT2D eigenvalue weighted by Crippen LogP contribution is 2.25. The van der Waals surface area contributed by atoms with E-state index >= 15 is 0 Å². The summed E-state index contributed by atoms with van der Waals surface area (Å²) in [6.45, 7) is 1.62. The third kappa shape index (κ3) is 1.68. The Bertz CT molecular complexity index is 505. The van der Waals surface area contributed by atoms with Gasteiger partial charge in [-0.25, -0.2) is 4.98 Å². The number of ether oxygens (including phenoxy) is 1. The Labute approximate surface area is 98.2 Å². The second-order valence-electron chi connectivity index (χ2n) is 4.00. The SMILES string of the molecule is Clc1cc2c(cn1)cnn2C1CCOCC1. The Morgan fingerprint density at radius 3 is 2.94 bits per heavy atom. The lowest BCUT2D eigenvalue weighted by Gasteiger charge is -2.23. The molecule has 0 unspecified atom stereocenters. The first-order chi connectivity index (χ1) is 7.84. The number of halogens is 1. The Morgan fingerprint density at radius 1 is 1.31 bits per heavy atom. The van der Waals surface area contributed by atoms with Gasteiger partial charge in [-0.15, -0.1) is 0 Å². The fourth-order valence-corrected chi connectivity index (χ4v) is 2.29. The third-order valence-electron chi connectivity index (χ3n) is 2.98. The largest absolute Gasteiger partial charge is 0.381 e. The van der Waals surface area contributed by atoms with Crippen LogP contribution < -0.4 is 0 Å². The van der Waals surface area contributed by atoms with Crippen molar-refractivity contribution in [1.82, 2.24) is 14.8 Å². The van der Waals surface area contributed by atoms with Gasteiger partial charge >= 0.3 is 0 Å². The van der Waals surface area contributed by atoms with Crippen molar-refractivity contribution < 1.29 is 4.74 Å². The van der Waals surface area contributed by atoms with Crippen LogP contribution in [0.5, 0.6) is 0 Å². The molecule has 16 heavy (non-hydrogen) atoms. The molecule has 1 fully saturated rings. The Kier molecular flexibility index (Phi) is 2.53. The smallest absolute Gasteiger partial charge is 0.131 e. The molecular formula is C11H12ClN3O. The van der Waals surface area contributed by atoms with Crippen molar-refractivity contribution in [3.63, 3.8) is 0 Å². The fraction of sp³-hybridized carbons (Fsp3) is 0.455. The van der Waals surface area contributed by atoms with Crippen molar-refractivity contribution in [2.75, 3.05) is 13.2 Å². The first kappa shape index (κ1) is 10.1. The topological polar surface area (TPSA) is 39.9 Å². The van der Waals surface area contributed by atoms with E-state index in [2.05, 4.69) is 10.1 Å². The summed E-state index contributed by atoms with van der Waals surface area (Å²) >= 11 is 5.91. The van der Waals surface area contributed by atoms with Crippen LogP contribution in [0.4, 0.5) is 0 Å². The molecule has 1 saturated heterocycles. The van der Waals surface area contributed by atoms with Gasteiger partial charge in [-0.05, 0) is 12.8 Å². The number of hydrogen-bond acceptors (Lipinski definition) is 3. The summed E-state index contributed by atoms with van der Waals surface area (Å²) in [7, 11) is 0. The summed E-state index contributed by atoms with van der Waals surface area (Å²) in [6.07, 6.45) is 5.63. The van der Waals surface area contributed by atoms with Crippen LogP contribution in [0.2, 0.25) is 5.15 Å². The van der Waals surface area contributed by atoms with E-state index in [0.29, 0.717) is 11.2 Å². The van der Waals surface area contributed by atoms with Crippen molar-refractivity contribution in [3.8, 4) is 0 Å². The Balaban J connectivity index is 2.05. The predicted octanol–water partition coefficient (Wildman–Crippen LogP) is 2.44. The van der Waals surface area contributed by atoms with E-state index in [4.69, 9.17) is 16.3 Å². The van der Waals surface area contributed by atoms with Crippen LogP contribution in [0.1, 0.15) is 18.9 Å². The molecule has 2 aromatic heterocycles. The first-order valence-electron chi connectivity index (χ1n) is 5.41. The monoisotopic (exact) mass is 237 g/mol. The van der Waals surface area contributed by atoms with E-state index in [-0.39, 0.29) is 0 Å². The molecule has 3 heterocycles. The molecule has 2 aromatic rings. The fourth-order valence-electron chi connectivity index (χ4n) is 2.14. The lowest BCUT2D eigenvalue weighted by Crippen LogP contribution is -2.20. The molecule has 0 radical (unpaired) electrons. The maximum Gasteiger partial charge on any atom is 0.131 e. The van der Waals surface area contributed by atoms with Crippen LogP contribution in [0, 0.1) is 0 Å². The minimum atomic E-state index is 0.421. The van der Waals surface area contributed by atoms with Crippen LogP contribution in [-0.2, 0) is 4.74 Å². The normalized spacial score (nSPS) is 18.1. The van der Waals surface area contributed by atoms with Gasteiger partial charge in [0.05, 0.1) is 17.8 Å². The summed E-state index contributed by atoms with van der Waals surface area (Å²) in [4.78, 5) is 4.05. The summed E-state index contributed by atoms with van der Waals surface area (Å²) in [6, 6.07) is 2.30. The second-order valence-corrected chi connectivity index (χ2v) is 4.39.